The van der Waals surface area contributed by atoms with E-state index in [0.29, 0.717) is 19.4 Å². The smallest absolute Gasteiger partial charge is 0.305 e. The number of hydrogen-bond donors (Lipinski definition) is 0. The summed E-state index contributed by atoms with van der Waals surface area (Å²) in [6.07, 6.45) is 2.85. The summed E-state index contributed by atoms with van der Waals surface area (Å²) in [4.78, 5) is 11.5. The van der Waals surface area contributed by atoms with E-state index in [4.69, 9.17) is 14.2 Å². The number of carbonyl (C=O) groups excluding carboxylic acids is 1. The van der Waals surface area contributed by atoms with Crippen molar-refractivity contribution in [3.8, 4) is 0 Å². The highest BCUT2D eigenvalue weighted by atomic mass is 16.7. The summed E-state index contributed by atoms with van der Waals surface area (Å²) in [6, 6.07) is 10.1. The molecule has 0 radical (unpaired) electrons. The Morgan fingerprint density at radius 2 is 2.14 bits per heavy atom. The highest BCUT2D eigenvalue weighted by Crippen LogP contribution is 2.27. The average Bonchev–Trinajstić information content (AvgIpc) is 2.85. The molecule has 1 fully saturated rings. The van der Waals surface area contributed by atoms with Crippen LogP contribution in [0.2, 0.25) is 0 Å². The van der Waals surface area contributed by atoms with Crippen molar-refractivity contribution in [3.63, 3.8) is 0 Å². The quantitative estimate of drug-likeness (QED) is 0.724. The van der Waals surface area contributed by atoms with Crippen LogP contribution in [0.4, 0.5) is 0 Å². The number of benzene rings is 1. The summed E-state index contributed by atoms with van der Waals surface area (Å²) in [5, 5.41) is 0. The number of ether oxygens (including phenoxy) is 3. The Morgan fingerprint density at radius 1 is 1.38 bits per heavy atom. The molecule has 2 atom stereocenters. The van der Waals surface area contributed by atoms with Crippen LogP contribution >= 0.6 is 0 Å². The van der Waals surface area contributed by atoms with Gasteiger partial charge in [-0.25, -0.2) is 0 Å². The second kappa shape index (κ2) is 7.57. The van der Waals surface area contributed by atoms with Crippen molar-refractivity contribution in [2.24, 2.45) is 0 Å². The van der Waals surface area contributed by atoms with Crippen LogP contribution in [-0.4, -0.2) is 31.1 Å². The number of esters is 1. The van der Waals surface area contributed by atoms with Gasteiger partial charge in [0.05, 0.1) is 6.61 Å². The first-order valence-corrected chi connectivity index (χ1v) is 7.62. The average molecular weight is 292 g/mol. The maximum Gasteiger partial charge on any atom is 0.305 e. The van der Waals surface area contributed by atoms with Crippen molar-refractivity contribution in [1.82, 2.24) is 0 Å². The molecule has 0 aromatic heterocycles. The first kappa shape index (κ1) is 16.0. The summed E-state index contributed by atoms with van der Waals surface area (Å²) in [5.74, 6) is -0.793. The number of rotatable bonds is 7. The molecule has 0 amide bonds. The summed E-state index contributed by atoms with van der Waals surface area (Å²) in [6.45, 7) is 4.71. The van der Waals surface area contributed by atoms with Gasteiger partial charge in [-0.05, 0) is 18.9 Å². The zero-order chi connectivity index (χ0) is 15.1. The lowest BCUT2D eigenvalue weighted by Crippen LogP contribution is -2.30. The molecule has 116 valence electrons. The Kier molecular flexibility index (Phi) is 5.76. The van der Waals surface area contributed by atoms with Crippen LogP contribution < -0.4 is 0 Å². The number of hydrogen-bond acceptors (Lipinski definition) is 4. The molecule has 1 aliphatic heterocycles. The molecule has 4 nitrogen and oxygen atoms in total. The van der Waals surface area contributed by atoms with E-state index >= 15 is 0 Å². The van der Waals surface area contributed by atoms with Crippen molar-refractivity contribution in [2.75, 3.05) is 13.2 Å². The largest absolute Gasteiger partial charge is 0.463 e. The third-order valence-electron chi connectivity index (χ3n) is 3.52. The van der Waals surface area contributed by atoms with E-state index in [1.54, 1.807) is 0 Å². The standard InChI is InChI=1S/C17H24O4/c1-3-4-10-16(18)19-12-15-13-20-17(2,21-15)11-14-8-6-5-7-9-14/h5-9,15H,3-4,10-13H2,1-2H3. The van der Waals surface area contributed by atoms with E-state index < -0.39 is 5.79 Å². The van der Waals surface area contributed by atoms with Gasteiger partial charge >= 0.3 is 5.97 Å². The lowest BCUT2D eigenvalue weighted by Gasteiger charge is -2.23. The van der Waals surface area contributed by atoms with Gasteiger partial charge in [-0.1, -0.05) is 43.7 Å². The third-order valence-corrected chi connectivity index (χ3v) is 3.52. The van der Waals surface area contributed by atoms with E-state index in [-0.39, 0.29) is 18.7 Å². The van der Waals surface area contributed by atoms with Crippen molar-refractivity contribution < 1.29 is 19.0 Å². The first-order chi connectivity index (χ1) is 10.1. The molecule has 0 bridgehead atoms. The minimum absolute atomic E-state index is 0.155. The molecule has 1 saturated heterocycles. The molecular weight excluding hydrogens is 268 g/mol. The predicted molar refractivity (Wildman–Crippen MR) is 79.9 cm³/mol. The summed E-state index contributed by atoms with van der Waals surface area (Å²) >= 11 is 0. The fourth-order valence-electron chi connectivity index (χ4n) is 2.41. The fourth-order valence-corrected chi connectivity index (χ4v) is 2.41. The maximum atomic E-state index is 11.5. The molecule has 0 spiro atoms. The Bertz CT molecular complexity index is 445. The topological polar surface area (TPSA) is 44.8 Å². The van der Waals surface area contributed by atoms with Crippen LogP contribution in [0.3, 0.4) is 0 Å². The van der Waals surface area contributed by atoms with Crippen LogP contribution in [0.1, 0.15) is 38.7 Å². The minimum Gasteiger partial charge on any atom is -0.463 e. The second-order valence-corrected chi connectivity index (χ2v) is 5.63. The molecule has 0 saturated carbocycles. The van der Waals surface area contributed by atoms with Crippen molar-refractivity contribution in [1.29, 1.82) is 0 Å². The molecule has 21 heavy (non-hydrogen) atoms. The molecule has 4 heteroatoms. The van der Waals surface area contributed by atoms with Gasteiger partial charge < -0.3 is 14.2 Å². The van der Waals surface area contributed by atoms with Crippen molar-refractivity contribution in [2.45, 2.75) is 51.4 Å². The second-order valence-electron chi connectivity index (χ2n) is 5.63. The first-order valence-electron chi connectivity index (χ1n) is 7.62. The zero-order valence-electron chi connectivity index (χ0n) is 12.8. The van der Waals surface area contributed by atoms with Gasteiger partial charge in [0.1, 0.15) is 12.7 Å². The molecule has 1 aliphatic rings. The van der Waals surface area contributed by atoms with Crippen molar-refractivity contribution >= 4 is 5.97 Å². The van der Waals surface area contributed by atoms with E-state index in [0.717, 1.165) is 12.8 Å². The maximum absolute atomic E-state index is 11.5. The number of carbonyl (C=O) groups is 1. The van der Waals surface area contributed by atoms with E-state index in [2.05, 4.69) is 19.1 Å². The van der Waals surface area contributed by atoms with Gasteiger partial charge in [0.25, 0.3) is 0 Å². The third kappa shape index (κ3) is 5.14. The predicted octanol–water partition coefficient (Wildman–Crippen LogP) is 3.09. The highest BCUT2D eigenvalue weighted by Gasteiger charge is 2.37. The van der Waals surface area contributed by atoms with Crippen LogP contribution in [0.5, 0.6) is 0 Å². The molecule has 1 heterocycles. The molecule has 1 aromatic carbocycles. The molecule has 0 N–H and O–H groups in total. The summed E-state index contributed by atoms with van der Waals surface area (Å²) in [7, 11) is 0. The van der Waals surface area contributed by atoms with Gasteiger partial charge in [-0.3, -0.25) is 4.79 Å². The zero-order valence-corrected chi connectivity index (χ0v) is 12.8. The van der Waals surface area contributed by atoms with Gasteiger partial charge in [0.15, 0.2) is 5.79 Å². The van der Waals surface area contributed by atoms with Gasteiger partial charge in [-0.15, -0.1) is 0 Å². The molecular formula is C17H24O4. The summed E-state index contributed by atoms with van der Waals surface area (Å²) < 4.78 is 16.9. The SMILES string of the molecule is CCCCC(=O)OCC1COC(C)(Cc2ccccc2)O1. The minimum atomic E-state index is -0.637. The van der Waals surface area contributed by atoms with Gasteiger partial charge in [0, 0.05) is 12.8 Å². The van der Waals surface area contributed by atoms with Gasteiger partial charge in [0.2, 0.25) is 0 Å². The Labute approximate surface area is 126 Å². The fraction of sp³-hybridized carbons (Fsp3) is 0.588. The Morgan fingerprint density at radius 3 is 2.86 bits per heavy atom. The summed E-state index contributed by atoms with van der Waals surface area (Å²) in [5.41, 5.74) is 1.17. The lowest BCUT2D eigenvalue weighted by molar-refractivity contribution is -0.165. The monoisotopic (exact) mass is 292 g/mol. The Hall–Kier alpha value is -1.39. The van der Waals surface area contributed by atoms with Crippen molar-refractivity contribution in [3.05, 3.63) is 35.9 Å². The Balaban J connectivity index is 1.76. The van der Waals surface area contributed by atoms with E-state index in [1.165, 1.54) is 5.56 Å². The molecule has 1 aromatic rings. The molecule has 0 aliphatic carbocycles. The van der Waals surface area contributed by atoms with Crippen LogP contribution in [0.25, 0.3) is 0 Å². The van der Waals surface area contributed by atoms with Crippen LogP contribution in [0.15, 0.2) is 30.3 Å². The van der Waals surface area contributed by atoms with Crippen LogP contribution in [0, 0.1) is 0 Å². The normalized spacial score (nSPS) is 25.0. The van der Waals surface area contributed by atoms with E-state index in [9.17, 15) is 4.79 Å². The molecule has 2 unspecified atom stereocenters. The van der Waals surface area contributed by atoms with E-state index in [1.807, 2.05) is 25.1 Å². The molecule has 2 rings (SSSR count). The number of unbranched alkanes of at least 4 members (excludes halogenated alkanes) is 1. The van der Waals surface area contributed by atoms with Crippen LogP contribution in [-0.2, 0) is 25.4 Å². The van der Waals surface area contributed by atoms with Gasteiger partial charge in [-0.2, -0.15) is 0 Å². The lowest BCUT2D eigenvalue weighted by atomic mass is 10.1. The highest BCUT2D eigenvalue weighted by molar-refractivity contribution is 5.69.